The van der Waals surface area contributed by atoms with Crippen LogP contribution < -0.4 is 0 Å². The second-order valence-electron chi connectivity index (χ2n) is 6.53. The van der Waals surface area contributed by atoms with Crippen LogP contribution in [0.5, 0.6) is 0 Å². The molecule has 0 saturated carbocycles. The van der Waals surface area contributed by atoms with Crippen LogP contribution in [0.2, 0.25) is 0 Å². The van der Waals surface area contributed by atoms with Crippen molar-refractivity contribution in [3.63, 3.8) is 0 Å². The quantitative estimate of drug-likeness (QED) is 0.227. The van der Waals surface area contributed by atoms with Gasteiger partial charge < -0.3 is 18.9 Å². The van der Waals surface area contributed by atoms with E-state index in [9.17, 15) is 9.59 Å². The second-order valence-corrected chi connectivity index (χ2v) is 6.53. The molecule has 168 valence electrons. The van der Waals surface area contributed by atoms with Crippen molar-refractivity contribution in [1.82, 2.24) is 9.97 Å². The zero-order valence-electron chi connectivity index (χ0n) is 17.8. The summed E-state index contributed by atoms with van der Waals surface area (Å²) in [6, 6.07) is 6.36. The normalized spacial score (nSPS) is 10.3. The minimum atomic E-state index is -0.428. The molecule has 0 aliphatic carbocycles. The molecule has 2 aromatic heterocycles. The molecule has 9 heteroatoms. The van der Waals surface area contributed by atoms with Gasteiger partial charge in [-0.05, 0) is 49.9 Å². The Balaban J connectivity index is 0.00000480. The molecule has 8 nitrogen and oxygen atoms in total. The molecular formula is C22H28N2O6Ru+2. The van der Waals surface area contributed by atoms with E-state index in [-0.39, 0.29) is 19.5 Å². The maximum absolute atomic E-state index is 12.2. The van der Waals surface area contributed by atoms with Gasteiger partial charge in [-0.1, -0.05) is 0 Å². The van der Waals surface area contributed by atoms with E-state index in [2.05, 4.69) is 9.97 Å². The average Bonchev–Trinajstić information content (AvgIpc) is 2.78. The molecule has 0 fully saturated rings. The van der Waals surface area contributed by atoms with Crippen molar-refractivity contribution in [3.8, 4) is 11.4 Å². The van der Waals surface area contributed by atoms with Gasteiger partial charge in [-0.15, -0.1) is 0 Å². The number of carbonyl (C=O) groups is 2. The van der Waals surface area contributed by atoms with E-state index in [1.807, 2.05) is 0 Å². The van der Waals surface area contributed by atoms with Gasteiger partial charge in [-0.25, -0.2) is 9.59 Å². The summed E-state index contributed by atoms with van der Waals surface area (Å²) >= 11 is 0. The topological polar surface area (TPSA) is 96.8 Å². The van der Waals surface area contributed by atoms with E-state index in [0.29, 0.717) is 48.9 Å². The van der Waals surface area contributed by atoms with E-state index in [1.165, 1.54) is 12.4 Å². The Morgan fingerprint density at radius 3 is 1.48 bits per heavy atom. The third kappa shape index (κ3) is 9.63. The number of carbonyl (C=O) groups excluding carboxylic acids is 2. The fraction of sp³-hybridized carbons (Fsp3) is 0.455. The van der Waals surface area contributed by atoms with Crippen molar-refractivity contribution in [2.75, 3.05) is 40.6 Å². The molecule has 0 amide bonds. The molecule has 2 aromatic rings. The van der Waals surface area contributed by atoms with Gasteiger partial charge >= 0.3 is 31.4 Å². The summed E-state index contributed by atoms with van der Waals surface area (Å²) in [6.45, 7) is 1.91. The molecule has 0 saturated heterocycles. The first kappa shape index (κ1) is 26.8. The van der Waals surface area contributed by atoms with Gasteiger partial charge in [-0.2, -0.15) is 0 Å². The monoisotopic (exact) mass is 518 g/mol. The summed E-state index contributed by atoms with van der Waals surface area (Å²) in [5, 5.41) is 0. The molecule has 0 unspecified atom stereocenters. The van der Waals surface area contributed by atoms with E-state index >= 15 is 0 Å². The minimum absolute atomic E-state index is 0. The first-order valence-corrected chi connectivity index (χ1v) is 9.90. The Hall–Kier alpha value is -2.22. The predicted octanol–water partition coefficient (Wildman–Crippen LogP) is 3.31. The molecule has 0 aliphatic rings. The van der Waals surface area contributed by atoms with Crippen LogP contribution in [0.25, 0.3) is 11.4 Å². The maximum atomic E-state index is 12.2. The average molecular weight is 518 g/mol. The van der Waals surface area contributed by atoms with Gasteiger partial charge in [0.05, 0.1) is 35.7 Å². The molecule has 2 heterocycles. The maximum Gasteiger partial charge on any atom is 2.00 e. The second kappa shape index (κ2) is 15.6. The molecule has 0 atom stereocenters. The minimum Gasteiger partial charge on any atom is -0.462 e. The number of methoxy groups -OCH3 is 2. The number of esters is 2. The molecule has 0 radical (unpaired) electrons. The van der Waals surface area contributed by atoms with Crippen LogP contribution in [0.15, 0.2) is 36.7 Å². The van der Waals surface area contributed by atoms with E-state index in [0.717, 1.165) is 25.7 Å². The van der Waals surface area contributed by atoms with Crippen LogP contribution in [0.1, 0.15) is 46.4 Å². The Labute approximate surface area is 195 Å². The third-order valence-corrected chi connectivity index (χ3v) is 4.21. The van der Waals surface area contributed by atoms with Crippen molar-refractivity contribution in [1.29, 1.82) is 0 Å². The standard InChI is InChI=1S/C22H28N2O6.Ru/c1-27-11-3-5-13-29-21(25)17-7-9-23-19(15-17)20-16-18(8-10-24-20)22(26)30-14-6-4-12-28-2;/h7-10,15-16H,3-6,11-14H2,1-2H3;/q;+2. The summed E-state index contributed by atoms with van der Waals surface area (Å²) in [5.41, 5.74) is 1.69. The van der Waals surface area contributed by atoms with Crippen molar-refractivity contribution in [3.05, 3.63) is 47.8 Å². The van der Waals surface area contributed by atoms with Gasteiger partial charge in [0.25, 0.3) is 0 Å². The first-order chi connectivity index (χ1) is 14.7. The fourth-order valence-electron chi connectivity index (χ4n) is 2.59. The largest absolute Gasteiger partial charge is 2.00 e. The van der Waals surface area contributed by atoms with E-state index in [4.69, 9.17) is 18.9 Å². The number of pyridine rings is 2. The fourth-order valence-corrected chi connectivity index (χ4v) is 2.59. The molecule has 0 spiro atoms. The third-order valence-electron chi connectivity index (χ3n) is 4.21. The summed E-state index contributed by atoms with van der Waals surface area (Å²) < 4.78 is 20.5. The molecule has 0 N–H and O–H groups in total. The number of aromatic nitrogens is 2. The van der Waals surface area contributed by atoms with Crippen LogP contribution in [-0.4, -0.2) is 62.6 Å². The smallest absolute Gasteiger partial charge is 0.462 e. The van der Waals surface area contributed by atoms with Crippen LogP contribution in [0, 0.1) is 0 Å². The van der Waals surface area contributed by atoms with Crippen LogP contribution in [0.4, 0.5) is 0 Å². The van der Waals surface area contributed by atoms with Crippen LogP contribution in [0.3, 0.4) is 0 Å². The van der Waals surface area contributed by atoms with E-state index in [1.54, 1.807) is 38.5 Å². The summed E-state index contributed by atoms with van der Waals surface area (Å²) in [5.74, 6) is -0.856. The zero-order valence-corrected chi connectivity index (χ0v) is 19.6. The molecule has 31 heavy (non-hydrogen) atoms. The number of unbranched alkanes of at least 4 members (excludes halogenated alkanes) is 2. The van der Waals surface area contributed by atoms with Gasteiger partial charge in [0.2, 0.25) is 0 Å². The molecule has 0 aromatic carbocycles. The van der Waals surface area contributed by atoms with Gasteiger partial charge in [-0.3, -0.25) is 9.97 Å². The van der Waals surface area contributed by atoms with Gasteiger partial charge in [0.15, 0.2) is 0 Å². The Kier molecular flexibility index (Phi) is 13.5. The Bertz CT molecular complexity index is 751. The van der Waals surface area contributed by atoms with Crippen LogP contribution in [-0.2, 0) is 38.4 Å². The summed E-state index contributed by atoms with van der Waals surface area (Å²) in [4.78, 5) is 33.0. The van der Waals surface area contributed by atoms with Crippen molar-refractivity contribution in [2.24, 2.45) is 0 Å². The molecular weight excluding hydrogens is 489 g/mol. The van der Waals surface area contributed by atoms with Crippen molar-refractivity contribution >= 4 is 11.9 Å². The van der Waals surface area contributed by atoms with Crippen LogP contribution >= 0.6 is 0 Å². The number of hydrogen-bond acceptors (Lipinski definition) is 8. The number of rotatable bonds is 13. The SMILES string of the molecule is COCCCCOC(=O)c1ccnc(-c2cc(C(=O)OCCCCOC)ccn2)c1.[Ru+2]. The Morgan fingerprint density at radius 1 is 0.710 bits per heavy atom. The summed E-state index contributed by atoms with van der Waals surface area (Å²) in [6.07, 6.45) is 6.14. The van der Waals surface area contributed by atoms with E-state index < -0.39 is 11.9 Å². The first-order valence-electron chi connectivity index (χ1n) is 9.90. The summed E-state index contributed by atoms with van der Waals surface area (Å²) in [7, 11) is 3.27. The Morgan fingerprint density at radius 2 is 1.10 bits per heavy atom. The number of ether oxygens (including phenoxy) is 4. The molecule has 2 rings (SSSR count). The van der Waals surface area contributed by atoms with Crippen molar-refractivity contribution < 1.29 is 48.0 Å². The zero-order chi connectivity index (χ0) is 21.6. The number of nitrogens with zero attached hydrogens (tertiary/aromatic N) is 2. The van der Waals surface area contributed by atoms with Gasteiger partial charge in [0.1, 0.15) is 0 Å². The number of hydrogen-bond donors (Lipinski definition) is 0. The van der Waals surface area contributed by atoms with Gasteiger partial charge in [0, 0.05) is 39.8 Å². The predicted molar refractivity (Wildman–Crippen MR) is 110 cm³/mol. The molecule has 0 bridgehead atoms. The van der Waals surface area contributed by atoms with Crippen molar-refractivity contribution in [2.45, 2.75) is 25.7 Å². The molecule has 0 aliphatic heterocycles.